The van der Waals surface area contributed by atoms with Gasteiger partial charge in [-0.25, -0.2) is 0 Å². The third kappa shape index (κ3) is 5.14. The van der Waals surface area contributed by atoms with E-state index in [1.807, 2.05) is 0 Å². The lowest BCUT2D eigenvalue weighted by atomic mass is 9.89. The molecule has 2 N–H and O–H groups in total. The maximum Gasteiger partial charge on any atom is 0.303 e. The van der Waals surface area contributed by atoms with Crippen molar-refractivity contribution in [1.82, 2.24) is 5.32 Å². The summed E-state index contributed by atoms with van der Waals surface area (Å²) in [5.41, 5.74) is 0. The van der Waals surface area contributed by atoms with E-state index >= 15 is 0 Å². The molecule has 88 valence electrons. The van der Waals surface area contributed by atoms with Crippen molar-refractivity contribution >= 4 is 5.97 Å². The molecule has 0 aromatic heterocycles. The fourth-order valence-corrected chi connectivity index (χ4v) is 1.81. The van der Waals surface area contributed by atoms with Gasteiger partial charge in [0.05, 0.1) is 6.10 Å². The molecule has 4 heteroatoms. The van der Waals surface area contributed by atoms with Crippen molar-refractivity contribution in [3.63, 3.8) is 0 Å². The first-order valence-corrected chi connectivity index (χ1v) is 5.70. The number of hydrogen-bond acceptors (Lipinski definition) is 3. The van der Waals surface area contributed by atoms with Crippen LogP contribution in [0.2, 0.25) is 0 Å². The van der Waals surface area contributed by atoms with Gasteiger partial charge >= 0.3 is 5.97 Å². The summed E-state index contributed by atoms with van der Waals surface area (Å²) in [4.78, 5) is 10.2. The number of carboxylic acids is 1. The van der Waals surface area contributed by atoms with Crippen LogP contribution in [-0.2, 0) is 9.53 Å². The topological polar surface area (TPSA) is 58.6 Å². The zero-order chi connectivity index (χ0) is 11.1. The lowest BCUT2D eigenvalue weighted by molar-refractivity contribution is -0.137. The smallest absolute Gasteiger partial charge is 0.303 e. The highest BCUT2D eigenvalue weighted by Crippen LogP contribution is 2.22. The van der Waals surface area contributed by atoms with Crippen molar-refractivity contribution in [2.75, 3.05) is 13.7 Å². The number of nitrogens with one attached hydrogen (secondary N) is 1. The maximum absolute atomic E-state index is 10.2. The first-order chi connectivity index (χ1) is 7.22. The fourth-order valence-electron chi connectivity index (χ4n) is 1.81. The average molecular weight is 215 g/mol. The van der Waals surface area contributed by atoms with E-state index in [1.54, 1.807) is 7.11 Å². The molecule has 1 rings (SSSR count). The SMILES string of the molecule is COC1CC(NCCCCCC(=O)O)C1. The number of ether oxygens (including phenoxy) is 1. The Morgan fingerprint density at radius 1 is 1.40 bits per heavy atom. The monoisotopic (exact) mass is 215 g/mol. The lowest BCUT2D eigenvalue weighted by Crippen LogP contribution is -2.45. The van der Waals surface area contributed by atoms with Crippen LogP contribution in [0, 0.1) is 0 Å². The molecule has 1 aliphatic rings. The lowest BCUT2D eigenvalue weighted by Gasteiger charge is -2.34. The van der Waals surface area contributed by atoms with Gasteiger partial charge < -0.3 is 15.2 Å². The molecule has 0 saturated heterocycles. The summed E-state index contributed by atoms with van der Waals surface area (Å²) in [6, 6.07) is 0.620. The molecular formula is C11H21NO3. The molecule has 0 amide bonds. The molecule has 1 fully saturated rings. The van der Waals surface area contributed by atoms with Crippen LogP contribution in [0.5, 0.6) is 0 Å². The van der Waals surface area contributed by atoms with Crippen LogP contribution < -0.4 is 5.32 Å². The highest BCUT2D eigenvalue weighted by atomic mass is 16.5. The van der Waals surface area contributed by atoms with Gasteiger partial charge in [-0.3, -0.25) is 4.79 Å². The van der Waals surface area contributed by atoms with Gasteiger partial charge in [0.2, 0.25) is 0 Å². The van der Waals surface area contributed by atoms with Crippen LogP contribution >= 0.6 is 0 Å². The number of carboxylic acid groups (broad SMARTS) is 1. The second-order valence-electron chi connectivity index (χ2n) is 4.18. The Hall–Kier alpha value is -0.610. The van der Waals surface area contributed by atoms with E-state index in [9.17, 15) is 4.79 Å². The second kappa shape index (κ2) is 6.80. The van der Waals surface area contributed by atoms with Crippen LogP contribution in [0.3, 0.4) is 0 Å². The number of aliphatic carboxylic acids is 1. The molecule has 0 aromatic rings. The summed E-state index contributed by atoms with van der Waals surface area (Å²) in [6.07, 6.45) is 5.85. The van der Waals surface area contributed by atoms with Gasteiger partial charge in [-0.1, -0.05) is 6.42 Å². The molecule has 1 aliphatic carbocycles. The molecule has 1 saturated carbocycles. The molecule has 0 bridgehead atoms. The van der Waals surface area contributed by atoms with Gasteiger partial charge in [0.1, 0.15) is 0 Å². The molecule has 0 aliphatic heterocycles. The molecule has 4 nitrogen and oxygen atoms in total. The standard InChI is InChI=1S/C11H21NO3/c1-15-10-7-9(8-10)12-6-4-2-3-5-11(13)14/h9-10,12H,2-8H2,1H3,(H,13,14). The minimum absolute atomic E-state index is 0.301. The van der Waals surface area contributed by atoms with Crippen molar-refractivity contribution in [2.24, 2.45) is 0 Å². The van der Waals surface area contributed by atoms with Gasteiger partial charge in [0.15, 0.2) is 0 Å². The molecule has 0 spiro atoms. The molecular weight excluding hydrogens is 194 g/mol. The van der Waals surface area contributed by atoms with Crippen LogP contribution in [0.4, 0.5) is 0 Å². The van der Waals surface area contributed by atoms with Gasteiger partial charge in [0, 0.05) is 19.6 Å². The Labute approximate surface area is 91.0 Å². The van der Waals surface area contributed by atoms with E-state index in [2.05, 4.69) is 5.32 Å². The normalized spacial score (nSPS) is 24.9. The van der Waals surface area contributed by atoms with Crippen molar-refractivity contribution in [1.29, 1.82) is 0 Å². The van der Waals surface area contributed by atoms with Crippen molar-refractivity contribution in [3.05, 3.63) is 0 Å². The third-order valence-corrected chi connectivity index (χ3v) is 2.93. The molecule has 0 atom stereocenters. The maximum atomic E-state index is 10.2. The van der Waals surface area contributed by atoms with Crippen LogP contribution in [-0.4, -0.2) is 36.9 Å². The largest absolute Gasteiger partial charge is 0.481 e. The highest BCUT2D eigenvalue weighted by Gasteiger charge is 2.27. The summed E-state index contributed by atoms with van der Waals surface area (Å²) in [5.74, 6) is -0.690. The van der Waals surface area contributed by atoms with E-state index in [0.29, 0.717) is 18.6 Å². The van der Waals surface area contributed by atoms with E-state index in [-0.39, 0.29) is 0 Å². The van der Waals surface area contributed by atoms with Gasteiger partial charge in [-0.2, -0.15) is 0 Å². The van der Waals surface area contributed by atoms with E-state index < -0.39 is 5.97 Å². The number of rotatable bonds is 8. The molecule has 0 aromatic carbocycles. The Morgan fingerprint density at radius 2 is 2.13 bits per heavy atom. The van der Waals surface area contributed by atoms with Gasteiger partial charge in [0.25, 0.3) is 0 Å². The van der Waals surface area contributed by atoms with Crippen LogP contribution in [0.15, 0.2) is 0 Å². The van der Waals surface area contributed by atoms with Gasteiger partial charge in [-0.05, 0) is 32.2 Å². The zero-order valence-corrected chi connectivity index (χ0v) is 9.37. The third-order valence-electron chi connectivity index (χ3n) is 2.93. The number of methoxy groups -OCH3 is 1. The first-order valence-electron chi connectivity index (χ1n) is 5.70. The van der Waals surface area contributed by atoms with Crippen LogP contribution in [0.1, 0.15) is 38.5 Å². The zero-order valence-electron chi connectivity index (χ0n) is 9.37. The quantitative estimate of drug-likeness (QED) is 0.601. The summed E-state index contributed by atoms with van der Waals surface area (Å²) < 4.78 is 5.18. The molecule has 15 heavy (non-hydrogen) atoms. The summed E-state index contributed by atoms with van der Waals surface area (Å²) in [7, 11) is 1.76. The molecule has 0 radical (unpaired) electrons. The summed E-state index contributed by atoms with van der Waals surface area (Å²) in [6.45, 7) is 1.00. The van der Waals surface area contributed by atoms with Crippen molar-refractivity contribution < 1.29 is 14.6 Å². The minimum atomic E-state index is -0.690. The summed E-state index contributed by atoms with van der Waals surface area (Å²) in [5, 5.41) is 11.9. The number of unbranched alkanes of at least 4 members (excludes halogenated alkanes) is 2. The second-order valence-corrected chi connectivity index (χ2v) is 4.18. The van der Waals surface area contributed by atoms with Gasteiger partial charge in [-0.15, -0.1) is 0 Å². The molecule has 0 unspecified atom stereocenters. The Morgan fingerprint density at radius 3 is 2.73 bits per heavy atom. The van der Waals surface area contributed by atoms with E-state index in [1.165, 1.54) is 0 Å². The van der Waals surface area contributed by atoms with Crippen molar-refractivity contribution in [2.45, 2.75) is 50.7 Å². The molecule has 0 heterocycles. The predicted octanol–water partition coefficient (Wildman–Crippen LogP) is 1.40. The highest BCUT2D eigenvalue weighted by molar-refractivity contribution is 5.66. The number of hydrogen-bond donors (Lipinski definition) is 2. The first kappa shape index (κ1) is 12.5. The Bertz CT molecular complexity index is 190. The number of carbonyl (C=O) groups is 1. The minimum Gasteiger partial charge on any atom is -0.481 e. The Balaban J connectivity index is 1.80. The fraction of sp³-hybridized carbons (Fsp3) is 0.909. The van der Waals surface area contributed by atoms with Crippen molar-refractivity contribution in [3.8, 4) is 0 Å². The van der Waals surface area contributed by atoms with E-state index in [0.717, 1.165) is 38.6 Å². The predicted molar refractivity (Wildman–Crippen MR) is 57.9 cm³/mol. The van der Waals surface area contributed by atoms with Crippen LogP contribution in [0.25, 0.3) is 0 Å². The van der Waals surface area contributed by atoms with E-state index in [4.69, 9.17) is 9.84 Å². The Kier molecular flexibility index (Phi) is 5.65. The summed E-state index contributed by atoms with van der Waals surface area (Å²) >= 11 is 0. The average Bonchev–Trinajstić information content (AvgIpc) is 2.13.